The van der Waals surface area contributed by atoms with Gasteiger partial charge in [-0.15, -0.1) is 4.47 Å². The number of rotatable bonds is 4. The van der Waals surface area contributed by atoms with Gasteiger partial charge in [0.25, 0.3) is 0 Å². The summed E-state index contributed by atoms with van der Waals surface area (Å²) in [4.78, 5) is 4.94. The monoisotopic (exact) mass is 135 g/mol. The quantitative estimate of drug-likeness (QED) is 0.428. The van der Waals surface area contributed by atoms with Crippen LogP contribution in [-0.4, -0.2) is 23.9 Å². The molecule has 0 aliphatic rings. The Morgan fingerprint density at radius 2 is 2.12 bits per heavy atom. The summed E-state index contributed by atoms with van der Waals surface area (Å²) in [6, 6.07) is 0. The van der Waals surface area contributed by atoms with Gasteiger partial charge in [-0.3, -0.25) is 4.84 Å². The molecular formula is C5H13NOS. The lowest BCUT2D eigenvalue weighted by Crippen LogP contribution is -2.12. The van der Waals surface area contributed by atoms with Crippen LogP contribution in [0.2, 0.25) is 0 Å². The fraction of sp³-hybridized carbons (Fsp3) is 1.00. The van der Waals surface area contributed by atoms with Gasteiger partial charge in [0, 0.05) is 12.3 Å². The Kier molecular flexibility index (Phi) is 5.59. The Morgan fingerprint density at radius 1 is 1.50 bits per heavy atom. The minimum absolute atomic E-state index is 0.939. The predicted octanol–water partition coefficient (Wildman–Crippen LogP) is 1.54. The zero-order valence-electron chi connectivity index (χ0n) is 5.68. The highest BCUT2D eigenvalue weighted by molar-refractivity contribution is 7.96. The fourth-order valence-corrected chi connectivity index (χ4v) is 0.993. The van der Waals surface area contributed by atoms with Crippen LogP contribution in [-0.2, 0) is 4.84 Å². The van der Waals surface area contributed by atoms with Gasteiger partial charge in [0.1, 0.15) is 0 Å². The smallest absolute Gasteiger partial charge is 0.0586 e. The molecule has 0 aromatic heterocycles. The minimum atomic E-state index is 0.939. The first-order chi connectivity index (χ1) is 3.85. The van der Waals surface area contributed by atoms with E-state index in [1.807, 2.05) is 4.47 Å². The van der Waals surface area contributed by atoms with Gasteiger partial charge in [0.05, 0.1) is 7.11 Å². The van der Waals surface area contributed by atoms with E-state index >= 15 is 0 Å². The van der Waals surface area contributed by atoms with Gasteiger partial charge in [-0.1, -0.05) is 18.9 Å². The summed E-state index contributed by atoms with van der Waals surface area (Å²) in [5, 5.41) is 0. The number of hydrogen-bond donors (Lipinski definition) is 0. The second-order valence-corrected chi connectivity index (χ2v) is 2.49. The Bertz CT molecular complexity index is 47.7. The van der Waals surface area contributed by atoms with Gasteiger partial charge in [-0.25, -0.2) is 0 Å². The van der Waals surface area contributed by atoms with Crippen LogP contribution in [0, 0.1) is 0 Å². The van der Waals surface area contributed by atoms with E-state index < -0.39 is 0 Å². The summed E-state index contributed by atoms with van der Waals surface area (Å²) in [5.74, 6) is 1.07. The van der Waals surface area contributed by atoms with Crippen molar-refractivity contribution in [1.82, 2.24) is 4.47 Å². The zero-order chi connectivity index (χ0) is 6.41. The van der Waals surface area contributed by atoms with Gasteiger partial charge in [-0.05, 0) is 6.92 Å². The molecule has 50 valence electrons. The van der Waals surface area contributed by atoms with Gasteiger partial charge < -0.3 is 0 Å². The van der Waals surface area contributed by atoms with E-state index in [1.54, 1.807) is 19.1 Å². The normalized spacial score (nSPS) is 10.5. The SMILES string of the molecule is CCSN(CC)OC. The van der Waals surface area contributed by atoms with Gasteiger partial charge in [-0.2, -0.15) is 0 Å². The molecule has 0 saturated heterocycles. The third-order valence-corrected chi connectivity index (χ3v) is 1.69. The van der Waals surface area contributed by atoms with Crippen molar-refractivity contribution in [2.24, 2.45) is 0 Å². The van der Waals surface area contributed by atoms with E-state index in [2.05, 4.69) is 13.8 Å². The third kappa shape index (κ3) is 3.29. The van der Waals surface area contributed by atoms with E-state index in [1.165, 1.54) is 0 Å². The van der Waals surface area contributed by atoms with E-state index in [9.17, 15) is 0 Å². The topological polar surface area (TPSA) is 12.5 Å². The number of hydroxylamine groups is 1. The molecule has 0 aromatic carbocycles. The maximum Gasteiger partial charge on any atom is 0.0586 e. The lowest BCUT2D eigenvalue weighted by atomic mass is 10.8. The Hall–Kier alpha value is 0.270. The average molecular weight is 135 g/mol. The van der Waals surface area contributed by atoms with Crippen LogP contribution < -0.4 is 0 Å². The molecule has 0 radical (unpaired) electrons. The Morgan fingerprint density at radius 3 is 2.25 bits per heavy atom. The predicted molar refractivity (Wildman–Crippen MR) is 37.5 cm³/mol. The standard InChI is InChI=1S/C5H13NOS/c1-4-6(7-3)8-5-2/h4-5H2,1-3H3. The first kappa shape index (κ1) is 8.27. The van der Waals surface area contributed by atoms with Crippen molar-refractivity contribution in [3.05, 3.63) is 0 Å². The summed E-state index contributed by atoms with van der Waals surface area (Å²) < 4.78 is 1.85. The van der Waals surface area contributed by atoms with Crippen molar-refractivity contribution in [3.8, 4) is 0 Å². The van der Waals surface area contributed by atoms with Gasteiger partial charge in [0.2, 0.25) is 0 Å². The molecule has 0 spiro atoms. The molecule has 0 atom stereocenters. The minimum Gasteiger partial charge on any atom is -0.292 e. The van der Waals surface area contributed by atoms with Crippen molar-refractivity contribution in [1.29, 1.82) is 0 Å². The van der Waals surface area contributed by atoms with Crippen LogP contribution in [0.4, 0.5) is 0 Å². The summed E-state index contributed by atoms with van der Waals surface area (Å²) >= 11 is 1.69. The van der Waals surface area contributed by atoms with Crippen LogP contribution in [0.1, 0.15) is 13.8 Å². The number of hydrogen-bond acceptors (Lipinski definition) is 3. The molecule has 8 heavy (non-hydrogen) atoms. The summed E-state index contributed by atoms with van der Waals surface area (Å²) in [6.45, 7) is 5.10. The summed E-state index contributed by atoms with van der Waals surface area (Å²) in [5.41, 5.74) is 0. The largest absolute Gasteiger partial charge is 0.292 e. The lowest BCUT2D eigenvalue weighted by Gasteiger charge is -2.13. The van der Waals surface area contributed by atoms with E-state index in [0.717, 1.165) is 12.3 Å². The molecule has 3 heteroatoms. The maximum atomic E-state index is 4.94. The summed E-state index contributed by atoms with van der Waals surface area (Å²) in [7, 11) is 1.69. The molecule has 0 aromatic rings. The Balaban J connectivity index is 3.07. The highest BCUT2D eigenvalue weighted by Crippen LogP contribution is 2.06. The first-order valence-electron chi connectivity index (χ1n) is 2.79. The van der Waals surface area contributed by atoms with Crippen molar-refractivity contribution in [3.63, 3.8) is 0 Å². The average Bonchev–Trinajstić information content (AvgIpc) is 1.83. The van der Waals surface area contributed by atoms with Crippen molar-refractivity contribution < 1.29 is 4.84 Å². The molecule has 0 aliphatic carbocycles. The van der Waals surface area contributed by atoms with Gasteiger partial charge >= 0.3 is 0 Å². The molecule has 2 nitrogen and oxygen atoms in total. The van der Waals surface area contributed by atoms with E-state index in [0.29, 0.717) is 0 Å². The highest BCUT2D eigenvalue weighted by Gasteiger charge is 1.94. The van der Waals surface area contributed by atoms with Crippen LogP contribution in [0.5, 0.6) is 0 Å². The third-order valence-electron chi connectivity index (χ3n) is 0.735. The van der Waals surface area contributed by atoms with E-state index in [4.69, 9.17) is 4.84 Å². The molecule has 0 N–H and O–H groups in total. The zero-order valence-corrected chi connectivity index (χ0v) is 6.49. The molecule has 0 saturated carbocycles. The molecule has 0 fully saturated rings. The van der Waals surface area contributed by atoms with Gasteiger partial charge in [0.15, 0.2) is 0 Å². The molecule has 0 rings (SSSR count). The second-order valence-electron chi connectivity index (χ2n) is 1.25. The number of nitrogens with zero attached hydrogens (tertiary/aromatic N) is 1. The van der Waals surface area contributed by atoms with Crippen LogP contribution in [0.15, 0.2) is 0 Å². The fourth-order valence-electron chi connectivity index (χ4n) is 0.417. The van der Waals surface area contributed by atoms with Crippen molar-refractivity contribution >= 4 is 11.9 Å². The van der Waals surface area contributed by atoms with E-state index in [-0.39, 0.29) is 0 Å². The maximum absolute atomic E-state index is 4.94. The Labute approximate surface area is 55.3 Å². The van der Waals surface area contributed by atoms with Crippen LogP contribution >= 0.6 is 11.9 Å². The molecule has 0 bridgehead atoms. The molecule has 0 heterocycles. The highest BCUT2D eigenvalue weighted by atomic mass is 32.2. The molecule has 0 unspecified atom stereocenters. The molecule has 0 amide bonds. The molecule has 0 aliphatic heterocycles. The van der Waals surface area contributed by atoms with Crippen molar-refractivity contribution in [2.75, 3.05) is 19.4 Å². The van der Waals surface area contributed by atoms with Crippen LogP contribution in [0.3, 0.4) is 0 Å². The molecular weight excluding hydrogens is 122 g/mol. The summed E-state index contributed by atoms with van der Waals surface area (Å²) in [6.07, 6.45) is 0. The lowest BCUT2D eigenvalue weighted by molar-refractivity contribution is -0.0331. The van der Waals surface area contributed by atoms with Crippen LogP contribution in [0.25, 0.3) is 0 Å². The van der Waals surface area contributed by atoms with Crippen molar-refractivity contribution in [2.45, 2.75) is 13.8 Å². The second kappa shape index (κ2) is 5.41. The first-order valence-corrected chi connectivity index (χ1v) is 3.74.